The number of ketones is 1. The van der Waals surface area contributed by atoms with Crippen LogP contribution in [-0.4, -0.2) is 36.4 Å². The molecule has 1 fully saturated rings. The zero-order valence-electron chi connectivity index (χ0n) is 9.41. The molecular weight excluding hydrogens is 276 g/mol. The molecule has 0 aromatic rings. The van der Waals surface area contributed by atoms with Crippen molar-refractivity contribution in [1.29, 1.82) is 0 Å². The highest BCUT2D eigenvalue weighted by Crippen LogP contribution is 2.20. The highest BCUT2D eigenvalue weighted by atomic mass is 79.9. The Balaban J connectivity index is 2.42. The zero-order valence-corrected chi connectivity index (χ0v) is 11.0. The SMILES string of the molecule is CCCOC(=O)C(Br)C(=O)C1CCOCC1. The van der Waals surface area contributed by atoms with Gasteiger partial charge in [0.15, 0.2) is 10.6 Å². The predicted molar refractivity (Wildman–Crippen MR) is 62.5 cm³/mol. The van der Waals surface area contributed by atoms with Crippen LogP contribution >= 0.6 is 15.9 Å². The first-order valence-electron chi connectivity index (χ1n) is 5.59. The molecule has 16 heavy (non-hydrogen) atoms. The fourth-order valence-corrected chi connectivity index (χ4v) is 2.09. The maximum absolute atomic E-state index is 11.9. The van der Waals surface area contributed by atoms with Crippen molar-refractivity contribution in [3.63, 3.8) is 0 Å². The lowest BCUT2D eigenvalue weighted by atomic mass is 9.93. The average molecular weight is 293 g/mol. The van der Waals surface area contributed by atoms with Crippen molar-refractivity contribution in [2.45, 2.75) is 31.0 Å². The van der Waals surface area contributed by atoms with Crippen LogP contribution < -0.4 is 0 Å². The minimum Gasteiger partial charge on any atom is -0.465 e. The van der Waals surface area contributed by atoms with Gasteiger partial charge in [-0.15, -0.1) is 0 Å². The summed E-state index contributed by atoms with van der Waals surface area (Å²) in [7, 11) is 0. The number of Topliss-reactive ketones (excluding diaryl/α,β-unsaturated/α-hetero) is 1. The molecule has 1 atom stereocenters. The van der Waals surface area contributed by atoms with Gasteiger partial charge in [0.05, 0.1) is 6.61 Å². The van der Waals surface area contributed by atoms with E-state index in [0.717, 1.165) is 6.42 Å². The molecule has 1 aliphatic rings. The van der Waals surface area contributed by atoms with Gasteiger partial charge < -0.3 is 9.47 Å². The highest BCUT2D eigenvalue weighted by molar-refractivity contribution is 9.10. The van der Waals surface area contributed by atoms with E-state index >= 15 is 0 Å². The summed E-state index contributed by atoms with van der Waals surface area (Å²) in [4.78, 5) is 22.5. The van der Waals surface area contributed by atoms with Crippen molar-refractivity contribution >= 4 is 27.7 Å². The second-order valence-electron chi connectivity index (χ2n) is 3.82. The Labute approximate surface area is 104 Å². The van der Waals surface area contributed by atoms with Gasteiger partial charge in [-0.3, -0.25) is 9.59 Å². The van der Waals surface area contributed by atoms with Crippen LogP contribution in [0.4, 0.5) is 0 Å². The molecule has 0 aliphatic carbocycles. The van der Waals surface area contributed by atoms with Crippen molar-refractivity contribution in [2.24, 2.45) is 5.92 Å². The molecule has 0 aromatic carbocycles. The van der Waals surface area contributed by atoms with Gasteiger partial charge in [-0.05, 0) is 19.3 Å². The van der Waals surface area contributed by atoms with Gasteiger partial charge in [0.25, 0.3) is 0 Å². The number of hydrogen-bond donors (Lipinski definition) is 0. The molecule has 0 bridgehead atoms. The summed E-state index contributed by atoms with van der Waals surface area (Å²) in [5.41, 5.74) is 0. The van der Waals surface area contributed by atoms with Crippen molar-refractivity contribution in [2.75, 3.05) is 19.8 Å². The first-order valence-corrected chi connectivity index (χ1v) is 6.50. The molecule has 1 heterocycles. The van der Waals surface area contributed by atoms with Crippen molar-refractivity contribution in [3.8, 4) is 0 Å². The molecule has 4 nitrogen and oxygen atoms in total. The van der Waals surface area contributed by atoms with Gasteiger partial charge in [-0.1, -0.05) is 22.9 Å². The summed E-state index contributed by atoms with van der Waals surface area (Å²) in [6, 6.07) is 0. The van der Waals surface area contributed by atoms with Crippen LogP contribution in [0.2, 0.25) is 0 Å². The quantitative estimate of drug-likeness (QED) is 0.440. The first kappa shape index (κ1) is 13.6. The Morgan fingerprint density at radius 2 is 2.06 bits per heavy atom. The van der Waals surface area contributed by atoms with Gasteiger partial charge in [-0.25, -0.2) is 0 Å². The summed E-state index contributed by atoms with van der Waals surface area (Å²) >= 11 is 3.11. The number of carbonyl (C=O) groups excluding carboxylic acids is 2. The highest BCUT2D eigenvalue weighted by Gasteiger charge is 2.32. The van der Waals surface area contributed by atoms with E-state index in [1.54, 1.807) is 0 Å². The minimum absolute atomic E-state index is 0.0766. The first-order chi connectivity index (χ1) is 7.66. The van der Waals surface area contributed by atoms with Gasteiger partial charge in [0.2, 0.25) is 0 Å². The summed E-state index contributed by atoms with van der Waals surface area (Å²) < 4.78 is 10.1. The van der Waals surface area contributed by atoms with Crippen molar-refractivity contribution in [1.82, 2.24) is 0 Å². The van der Waals surface area contributed by atoms with E-state index in [2.05, 4.69) is 15.9 Å². The second-order valence-corrected chi connectivity index (χ2v) is 4.73. The van der Waals surface area contributed by atoms with Crippen LogP contribution in [0.15, 0.2) is 0 Å². The maximum atomic E-state index is 11.9. The van der Waals surface area contributed by atoms with Gasteiger partial charge in [0, 0.05) is 19.1 Å². The third-order valence-corrected chi connectivity index (χ3v) is 3.35. The Kier molecular flexibility index (Phi) is 5.98. The normalized spacial score (nSPS) is 19.1. The smallest absolute Gasteiger partial charge is 0.327 e. The molecule has 1 unspecified atom stereocenters. The lowest BCUT2D eigenvalue weighted by molar-refractivity contribution is -0.146. The van der Waals surface area contributed by atoms with E-state index in [1.807, 2.05) is 6.92 Å². The number of hydrogen-bond acceptors (Lipinski definition) is 4. The summed E-state index contributed by atoms with van der Waals surface area (Å²) in [6.07, 6.45) is 2.15. The molecule has 1 rings (SSSR count). The molecule has 1 saturated heterocycles. The Morgan fingerprint density at radius 1 is 1.44 bits per heavy atom. The summed E-state index contributed by atoms with van der Waals surface area (Å²) in [5.74, 6) is -0.630. The van der Waals surface area contributed by atoms with Crippen molar-refractivity contribution in [3.05, 3.63) is 0 Å². The van der Waals surface area contributed by atoms with Gasteiger partial charge >= 0.3 is 5.97 Å². The standard InChI is InChI=1S/C11H17BrO4/c1-2-5-16-11(14)9(12)10(13)8-3-6-15-7-4-8/h8-9H,2-7H2,1H3. The van der Waals surface area contributed by atoms with Crippen LogP contribution in [-0.2, 0) is 19.1 Å². The number of rotatable bonds is 5. The van der Waals surface area contributed by atoms with Crippen LogP contribution in [0.3, 0.4) is 0 Å². The summed E-state index contributed by atoms with van der Waals surface area (Å²) in [6.45, 7) is 3.47. The third-order valence-electron chi connectivity index (χ3n) is 2.53. The number of esters is 1. The van der Waals surface area contributed by atoms with Crippen molar-refractivity contribution < 1.29 is 19.1 Å². The predicted octanol–water partition coefficient (Wildman–Crippen LogP) is 1.70. The van der Waals surface area contributed by atoms with E-state index < -0.39 is 10.8 Å². The molecule has 5 heteroatoms. The fourth-order valence-electron chi connectivity index (χ4n) is 1.58. The largest absolute Gasteiger partial charge is 0.465 e. The van der Waals surface area contributed by atoms with Gasteiger partial charge in [0.1, 0.15) is 0 Å². The minimum atomic E-state index is -0.817. The molecule has 1 aliphatic heterocycles. The summed E-state index contributed by atoms with van der Waals surface area (Å²) in [5, 5.41) is 0. The van der Waals surface area contributed by atoms with E-state index in [-0.39, 0.29) is 11.7 Å². The Morgan fingerprint density at radius 3 is 2.62 bits per heavy atom. The molecule has 0 spiro atoms. The number of carbonyl (C=O) groups is 2. The van der Waals surface area contributed by atoms with Gasteiger partial charge in [-0.2, -0.15) is 0 Å². The third kappa shape index (κ3) is 3.87. The van der Waals surface area contributed by atoms with E-state index in [1.165, 1.54) is 0 Å². The molecule has 0 radical (unpaired) electrons. The van der Waals surface area contributed by atoms with Crippen LogP contribution in [0.25, 0.3) is 0 Å². The van der Waals surface area contributed by atoms with Crippen LogP contribution in [0.1, 0.15) is 26.2 Å². The number of ether oxygens (including phenoxy) is 2. The van der Waals surface area contributed by atoms with Crippen LogP contribution in [0, 0.1) is 5.92 Å². The lowest BCUT2D eigenvalue weighted by Crippen LogP contribution is -2.34. The number of halogens is 1. The lowest BCUT2D eigenvalue weighted by Gasteiger charge is -2.22. The molecule has 0 amide bonds. The topological polar surface area (TPSA) is 52.6 Å². The average Bonchev–Trinajstić information content (AvgIpc) is 2.35. The molecule has 0 aromatic heterocycles. The molecule has 92 valence electrons. The second kappa shape index (κ2) is 7.01. The molecule has 0 N–H and O–H groups in total. The monoisotopic (exact) mass is 292 g/mol. The molecule has 0 saturated carbocycles. The zero-order chi connectivity index (χ0) is 12.0. The van der Waals surface area contributed by atoms with Crippen LogP contribution in [0.5, 0.6) is 0 Å². The van der Waals surface area contributed by atoms with E-state index in [0.29, 0.717) is 32.7 Å². The fraction of sp³-hybridized carbons (Fsp3) is 0.818. The maximum Gasteiger partial charge on any atom is 0.327 e. The Hall–Kier alpha value is -0.420. The van der Waals surface area contributed by atoms with E-state index in [4.69, 9.17) is 9.47 Å². The number of alkyl halides is 1. The Bertz CT molecular complexity index is 248. The molecular formula is C11H17BrO4. The van der Waals surface area contributed by atoms with E-state index in [9.17, 15) is 9.59 Å².